The molecule has 3 aliphatic heterocycles. The van der Waals surface area contributed by atoms with Gasteiger partial charge in [0.25, 0.3) is 0 Å². The summed E-state index contributed by atoms with van der Waals surface area (Å²) in [6, 6.07) is 8.55. The van der Waals surface area contributed by atoms with Gasteiger partial charge >= 0.3 is 0 Å². The lowest BCUT2D eigenvalue weighted by molar-refractivity contribution is -0.167. The molecular formula is C32H38N2O5. The van der Waals surface area contributed by atoms with Crippen LogP contribution in [0.3, 0.4) is 0 Å². The Kier molecular flexibility index (Phi) is 5.19. The lowest BCUT2D eigenvalue weighted by Gasteiger charge is -2.56. The molecule has 2 saturated carbocycles. The number of hydrogen-bond acceptors (Lipinski definition) is 7. The molecule has 3 aliphatic carbocycles. The maximum Gasteiger partial charge on any atom is 0.105 e. The Balaban J connectivity index is 1.15. The van der Waals surface area contributed by atoms with Crippen LogP contribution >= 0.6 is 0 Å². The standard InChI is InChI=1S/C32H38N2O5/c1-30-8-6-21-13-23-28(37)29(38)24(34-16-25(35)26(36)17-34)14-31(23)9-10-32(21,39-31)27(30)5-4-22(30)19-3-2-18-7-11-33-15-20(18)12-19/h2-3,6-7,11-13,15,22,24-29,35-38H,4-5,8-10,14,16-17H2,1H3/t22-,24+,25+,26+,27-,28-,29-,30-,31-,32?/m1/s1. The number of benzene rings is 1. The number of rotatable bonds is 2. The summed E-state index contributed by atoms with van der Waals surface area (Å²) < 4.78 is 7.31. The number of likely N-dealkylation sites (tertiary alicyclic amines) is 1. The number of fused-ring (bicyclic) bond motifs is 2. The molecule has 2 spiro atoms. The molecule has 39 heavy (non-hydrogen) atoms. The highest BCUT2D eigenvalue weighted by molar-refractivity contribution is 5.82. The summed E-state index contributed by atoms with van der Waals surface area (Å²) >= 11 is 0. The van der Waals surface area contributed by atoms with E-state index < -0.39 is 30.0 Å². The number of aromatic nitrogens is 1. The van der Waals surface area contributed by atoms with Gasteiger partial charge in [0.15, 0.2) is 0 Å². The Morgan fingerprint density at radius 2 is 1.82 bits per heavy atom. The third kappa shape index (κ3) is 3.23. The molecule has 206 valence electrons. The largest absolute Gasteiger partial charge is 0.389 e. The molecular weight excluding hydrogens is 492 g/mol. The second kappa shape index (κ2) is 8.21. The van der Waals surface area contributed by atoms with Gasteiger partial charge in [-0.15, -0.1) is 0 Å². The summed E-state index contributed by atoms with van der Waals surface area (Å²) in [5.41, 5.74) is 2.45. The van der Waals surface area contributed by atoms with Crippen LogP contribution in [0.4, 0.5) is 0 Å². The van der Waals surface area contributed by atoms with Gasteiger partial charge in [0, 0.05) is 36.9 Å². The molecule has 0 radical (unpaired) electrons. The summed E-state index contributed by atoms with van der Waals surface area (Å²) in [5.74, 6) is 0.804. The predicted octanol–water partition coefficient (Wildman–Crippen LogP) is 2.82. The number of pyridine rings is 1. The molecule has 0 amide bonds. The number of ether oxygens (including phenoxy) is 1. The molecule has 2 saturated heterocycles. The zero-order chi connectivity index (χ0) is 26.7. The van der Waals surface area contributed by atoms with Crippen molar-refractivity contribution in [2.45, 2.75) is 93.0 Å². The lowest BCUT2D eigenvalue weighted by atomic mass is 9.58. The first kappa shape index (κ1) is 24.6. The van der Waals surface area contributed by atoms with Crippen molar-refractivity contribution in [1.82, 2.24) is 9.88 Å². The third-order valence-electron chi connectivity index (χ3n) is 11.7. The molecule has 2 bridgehead atoms. The lowest BCUT2D eigenvalue weighted by Crippen LogP contribution is -2.62. The summed E-state index contributed by atoms with van der Waals surface area (Å²) in [6.07, 6.45) is 10.1. The van der Waals surface area contributed by atoms with Crippen LogP contribution in [-0.2, 0) is 4.74 Å². The first-order valence-corrected chi connectivity index (χ1v) is 14.7. The van der Waals surface area contributed by atoms with E-state index in [1.165, 1.54) is 21.9 Å². The zero-order valence-electron chi connectivity index (χ0n) is 22.4. The Morgan fingerprint density at radius 1 is 1.00 bits per heavy atom. The van der Waals surface area contributed by atoms with Crippen LogP contribution in [0.15, 0.2) is 60.0 Å². The van der Waals surface area contributed by atoms with Crippen LogP contribution in [0.1, 0.15) is 56.9 Å². The highest BCUT2D eigenvalue weighted by Gasteiger charge is 2.68. The number of β-amino-alcohol motifs (C(OH)–C–C–N with tert-alkyl or cyclic N) is 2. The molecule has 4 heterocycles. The first-order valence-electron chi connectivity index (χ1n) is 14.7. The van der Waals surface area contributed by atoms with Crippen molar-refractivity contribution >= 4 is 10.8 Å². The number of aliphatic hydroxyl groups is 4. The van der Waals surface area contributed by atoms with Crippen LogP contribution in [-0.4, -0.2) is 85.1 Å². The highest BCUT2D eigenvalue weighted by Crippen LogP contribution is 2.69. The van der Waals surface area contributed by atoms with Crippen molar-refractivity contribution in [2.75, 3.05) is 13.1 Å². The van der Waals surface area contributed by atoms with E-state index >= 15 is 0 Å². The van der Waals surface area contributed by atoms with Gasteiger partial charge < -0.3 is 25.2 Å². The van der Waals surface area contributed by atoms with Gasteiger partial charge in [0.05, 0.1) is 29.5 Å². The summed E-state index contributed by atoms with van der Waals surface area (Å²) in [5, 5.41) is 45.3. The number of hydrogen-bond donors (Lipinski definition) is 4. The fourth-order valence-corrected chi connectivity index (χ4v) is 9.71. The average molecular weight is 531 g/mol. The monoisotopic (exact) mass is 530 g/mol. The SMILES string of the molecule is C[C@]12CC=C3C=C4[C@@H](O)[C@H](O)[C@@H](N5C[C@H](O)[C@@H](O)C5)C[C@]45CCC3(O5)[C@@H]1CC[C@@H]2c1ccc2ccncc2c1. The van der Waals surface area contributed by atoms with Gasteiger partial charge in [-0.05, 0) is 90.0 Å². The van der Waals surface area contributed by atoms with E-state index in [0.717, 1.165) is 37.7 Å². The number of nitrogens with zero attached hydrogens (tertiary/aromatic N) is 2. The molecule has 7 heteroatoms. The van der Waals surface area contributed by atoms with Crippen molar-refractivity contribution in [3.63, 3.8) is 0 Å². The normalized spacial score (nSPS) is 46.9. The van der Waals surface area contributed by atoms with Gasteiger partial charge in [0.2, 0.25) is 0 Å². The average Bonchev–Trinajstić information content (AvgIpc) is 3.57. The van der Waals surface area contributed by atoms with Crippen molar-refractivity contribution in [3.05, 3.63) is 65.5 Å². The van der Waals surface area contributed by atoms with Crippen molar-refractivity contribution in [2.24, 2.45) is 11.3 Å². The van der Waals surface area contributed by atoms with E-state index in [4.69, 9.17) is 4.74 Å². The van der Waals surface area contributed by atoms with E-state index in [2.05, 4.69) is 48.3 Å². The molecule has 4 N–H and O–H groups in total. The minimum Gasteiger partial charge on any atom is -0.389 e. The topological polar surface area (TPSA) is 106 Å². The summed E-state index contributed by atoms with van der Waals surface area (Å²) in [7, 11) is 0. The smallest absolute Gasteiger partial charge is 0.105 e. The molecule has 1 aromatic heterocycles. The third-order valence-corrected chi connectivity index (χ3v) is 11.7. The maximum atomic E-state index is 11.4. The molecule has 7 nitrogen and oxygen atoms in total. The van der Waals surface area contributed by atoms with Crippen LogP contribution in [0.5, 0.6) is 0 Å². The van der Waals surface area contributed by atoms with Crippen molar-refractivity contribution < 1.29 is 25.2 Å². The van der Waals surface area contributed by atoms with Crippen molar-refractivity contribution in [3.8, 4) is 0 Å². The molecule has 6 aliphatic rings. The molecule has 2 aromatic rings. The van der Waals surface area contributed by atoms with E-state index in [1.54, 1.807) is 0 Å². The van der Waals surface area contributed by atoms with Crippen LogP contribution < -0.4 is 0 Å². The van der Waals surface area contributed by atoms with Gasteiger partial charge in [-0.2, -0.15) is 0 Å². The van der Waals surface area contributed by atoms with Crippen LogP contribution in [0.25, 0.3) is 10.8 Å². The first-order chi connectivity index (χ1) is 18.7. The Labute approximate surface area is 228 Å². The van der Waals surface area contributed by atoms with E-state index in [1.807, 2.05) is 17.3 Å². The predicted molar refractivity (Wildman–Crippen MR) is 146 cm³/mol. The fraction of sp³-hybridized carbons (Fsp3) is 0.594. The van der Waals surface area contributed by atoms with Gasteiger partial charge in [-0.3, -0.25) is 9.88 Å². The van der Waals surface area contributed by atoms with Crippen LogP contribution in [0, 0.1) is 11.3 Å². The van der Waals surface area contributed by atoms with Gasteiger partial charge in [-0.25, -0.2) is 0 Å². The van der Waals surface area contributed by atoms with E-state index in [9.17, 15) is 20.4 Å². The Morgan fingerprint density at radius 3 is 2.64 bits per heavy atom. The maximum absolute atomic E-state index is 11.4. The molecule has 4 fully saturated rings. The zero-order valence-corrected chi connectivity index (χ0v) is 22.4. The van der Waals surface area contributed by atoms with E-state index in [0.29, 0.717) is 31.3 Å². The molecule has 1 aromatic carbocycles. The highest BCUT2D eigenvalue weighted by atomic mass is 16.5. The number of allylic oxidation sites excluding steroid dienone is 1. The van der Waals surface area contributed by atoms with Crippen molar-refractivity contribution in [1.29, 1.82) is 0 Å². The number of aliphatic hydroxyl groups excluding tert-OH is 4. The quantitative estimate of drug-likeness (QED) is 0.473. The molecule has 1 unspecified atom stereocenters. The van der Waals surface area contributed by atoms with Gasteiger partial charge in [-0.1, -0.05) is 31.2 Å². The molecule has 8 rings (SSSR count). The minimum absolute atomic E-state index is 0.0611. The Hall–Kier alpha value is -2.13. The summed E-state index contributed by atoms with van der Waals surface area (Å²) in [6.45, 7) is 3.04. The Bertz CT molecular complexity index is 1400. The van der Waals surface area contributed by atoms with Crippen LogP contribution in [0.2, 0.25) is 0 Å². The fourth-order valence-electron chi connectivity index (χ4n) is 9.71. The molecule has 10 atom stereocenters. The van der Waals surface area contributed by atoms with E-state index in [-0.39, 0.29) is 17.1 Å². The minimum atomic E-state index is -1.02. The summed E-state index contributed by atoms with van der Waals surface area (Å²) in [4.78, 5) is 6.29. The second-order valence-electron chi connectivity index (χ2n) is 13.4. The second-order valence-corrected chi connectivity index (χ2v) is 13.4. The van der Waals surface area contributed by atoms with Gasteiger partial charge in [0.1, 0.15) is 6.10 Å².